The van der Waals surface area contributed by atoms with Crippen molar-refractivity contribution in [3.05, 3.63) is 63.9 Å². The zero-order valence-corrected chi connectivity index (χ0v) is 18.0. The smallest absolute Gasteiger partial charge is 0.214 e. The molecule has 6 nitrogen and oxygen atoms in total. The quantitative estimate of drug-likeness (QED) is 0.609. The fourth-order valence-electron chi connectivity index (χ4n) is 5.23. The molecule has 0 unspecified atom stereocenters. The van der Waals surface area contributed by atoms with Crippen molar-refractivity contribution in [2.75, 3.05) is 26.2 Å². The summed E-state index contributed by atoms with van der Waals surface area (Å²) in [7, 11) is 0. The van der Waals surface area contributed by atoms with E-state index >= 15 is 0 Å². The Hall–Kier alpha value is -2.16. The Morgan fingerprint density at radius 2 is 1.83 bits per heavy atom. The molecule has 2 fully saturated rings. The van der Waals surface area contributed by atoms with Crippen molar-refractivity contribution in [2.45, 2.75) is 44.3 Å². The van der Waals surface area contributed by atoms with Gasteiger partial charge in [0.2, 0.25) is 5.82 Å². The molecule has 2 N–H and O–H groups in total. The Morgan fingerprint density at radius 3 is 2.53 bits per heavy atom. The highest BCUT2D eigenvalue weighted by atomic mass is 32.1. The molecule has 30 heavy (non-hydrogen) atoms. The van der Waals surface area contributed by atoms with Crippen LogP contribution in [0.4, 0.5) is 4.39 Å². The fourth-order valence-corrected chi connectivity index (χ4v) is 5.91. The number of tetrazole rings is 1. The summed E-state index contributed by atoms with van der Waals surface area (Å²) in [5, 5.41) is 14.8. The average molecular weight is 429 g/mol. The molecule has 2 aliphatic rings. The summed E-state index contributed by atoms with van der Waals surface area (Å²) < 4.78 is 15.6. The van der Waals surface area contributed by atoms with Crippen molar-refractivity contribution < 1.29 is 14.2 Å². The van der Waals surface area contributed by atoms with Gasteiger partial charge in [0.25, 0.3) is 0 Å². The second-order valence-electron chi connectivity index (χ2n) is 8.56. The number of rotatable bonds is 6. The van der Waals surface area contributed by atoms with E-state index in [9.17, 15) is 4.39 Å². The topological polar surface area (TPSA) is 52.5 Å². The van der Waals surface area contributed by atoms with E-state index in [1.807, 2.05) is 16.8 Å². The molecule has 0 bridgehead atoms. The van der Waals surface area contributed by atoms with E-state index in [2.05, 4.69) is 33.0 Å². The van der Waals surface area contributed by atoms with Crippen LogP contribution in [0.25, 0.3) is 0 Å². The number of aromatic nitrogens is 4. The van der Waals surface area contributed by atoms with Crippen molar-refractivity contribution in [3.8, 4) is 0 Å². The van der Waals surface area contributed by atoms with Crippen molar-refractivity contribution in [2.24, 2.45) is 0 Å². The van der Waals surface area contributed by atoms with Crippen molar-refractivity contribution in [3.63, 3.8) is 0 Å². The molecule has 1 aliphatic heterocycles. The maximum atomic E-state index is 13.6. The van der Waals surface area contributed by atoms with Gasteiger partial charge in [-0.05, 0) is 71.8 Å². The molecule has 0 amide bonds. The summed E-state index contributed by atoms with van der Waals surface area (Å²) in [6.07, 6.45) is 5.54. The van der Waals surface area contributed by atoms with Crippen LogP contribution in [0.3, 0.4) is 0 Å². The number of nitrogens with one attached hydrogen (secondary N) is 2. The molecular formula is C22H29FN6S+2. The first-order valence-electron chi connectivity index (χ1n) is 11.0. The lowest BCUT2D eigenvalue weighted by atomic mass is 10.0. The van der Waals surface area contributed by atoms with Gasteiger partial charge in [0.15, 0.2) is 6.04 Å². The van der Waals surface area contributed by atoms with Crippen molar-refractivity contribution >= 4 is 11.3 Å². The number of piperazine rings is 1. The van der Waals surface area contributed by atoms with Gasteiger partial charge in [-0.2, -0.15) is 0 Å². The number of benzene rings is 1. The lowest BCUT2D eigenvalue weighted by molar-refractivity contribution is -1.03. The lowest BCUT2D eigenvalue weighted by Gasteiger charge is -2.36. The summed E-state index contributed by atoms with van der Waals surface area (Å²) in [4.78, 5) is 4.48. The molecule has 0 spiro atoms. The maximum absolute atomic E-state index is 13.6. The number of halogens is 1. The monoisotopic (exact) mass is 428 g/mol. The minimum absolute atomic E-state index is 0.0192. The van der Waals surface area contributed by atoms with E-state index in [0.29, 0.717) is 6.54 Å². The van der Waals surface area contributed by atoms with Crippen LogP contribution in [0.2, 0.25) is 0 Å². The third kappa shape index (κ3) is 4.17. The van der Waals surface area contributed by atoms with Crippen LogP contribution < -0.4 is 9.80 Å². The third-order valence-corrected chi connectivity index (χ3v) is 7.64. The SMILES string of the molecule is Fc1ccc([C@@H](c2nnnn2Cc2cccs2)[NH+]2CC[NH+](C3CCCC3)CC2)cc1. The minimum atomic E-state index is -0.207. The normalized spacial score (nSPS) is 23.6. The zero-order chi connectivity index (χ0) is 20.3. The Labute approximate surface area is 180 Å². The standard InChI is InChI=1S/C22H27FN6S/c23-18-9-7-17(8-10-18)21(22-24-25-26-29(22)16-20-6-3-15-30-20)28-13-11-27(12-14-28)19-4-1-2-5-19/h3,6-10,15,19,21H,1-2,4-5,11-14,16H2/p+2/t21-/m0/s1. The maximum Gasteiger partial charge on any atom is 0.214 e. The number of quaternary nitrogens is 2. The molecular weight excluding hydrogens is 399 g/mol. The van der Waals surface area contributed by atoms with Crippen LogP contribution in [0.5, 0.6) is 0 Å². The molecule has 1 aromatic carbocycles. The molecule has 3 heterocycles. The minimum Gasteiger partial charge on any atom is -0.323 e. The number of hydrogen-bond donors (Lipinski definition) is 2. The molecule has 2 aromatic heterocycles. The highest BCUT2D eigenvalue weighted by Crippen LogP contribution is 2.20. The second-order valence-corrected chi connectivity index (χ2v) is 9.59. The van der Waals surface area contributed by atoms with Gasteiger partial charge in [0.05, 0.1) is 12.6 Å². The Morgan fingerprint density at radius 1 is 1.07 bits per heavy atom. The molecule has 1 saturated heterocycles. The first-order valence-corrected chi connectivity index (χ1v) is 11.9. The van der Waals surface area contributed by atoms with Crippen LogP contribution in [-0.2, 0) is 6.54 Å². The number of hydrogen-bond acceptors (Lipinski definition) is 4. The molecule has 8 heteroatoms. The molecule has 5 rings (SSSR count). The van der Waals surface area contributed by atoms with Gasteiger partial charge in [-0.15, -0.1) is 16.4 Å². The number of nitrogens with zero attached hydrogens (tertiary/aromatic N) is 4. The van der Waals surface area contributed by atoms with Gasteiger partial charge in [-0.3, -0.25) is 0 Å². The fraction of sp³-hybridized carbons (Fsp3) is 0.500. The van der Waals surface area contributed by atoms with Gasteiger partial charge in [0, 0.05) is 10.4 Å². The third-order valence-electron chi connectivity index (χ3n) is 6.78. The Kier molecular flexibility index (Phi) is 5.88. The first kappa shape index (κ1) is 19.8. The molecule has 0 radical (unpaired) electrons. The molecule has 1 atom stereocenters. The highest BCUT2D eigenvalue weighted by molar-refractivity contribution is 7.09. The van der Waals surface area contributed by atoms with Gasteiger partial charge in [-0.1, -0.05) is 6.07 Å². The van der Waals surface area contributed by atoms with Crippen LogP contribution in [0.1, 0.15) is 48.0 Å². The first-order chi connectivity index (χ1) is 14.8. The van der Waals surface area contributed by atoms with Crippen LogP contribution in [-0.4, -0.2) is 52.4 Å². The van der Waals surface area contributed by atoms with Gasteiger partial charge < -0.3 is 9.80 Å². The number of thiophene rings is 1. The van der Waals surface area contributed by atoms with E-state index in [1.165, 1.54) is 48.5 Å². The summed E-state index contributed by atoms with van der Waals surface area (Å²) in [6.45, 7) is 5.21. The Balaban J connectivity index is 1.41. The van der Waals surface area contributed by atoms with E-state index < -0.39 is 0 Å². The molecule has 158 valence electrons. The van der Waals surface area contributed by atoms with Crippen LogP contribution in [0, 0.1) is 5.82 Å². The molecule has 1 aliphatic carbocycles. The van der Waals surface area contributed by atoms with E-state index in [0.717, 1.165) is 30.5 Å². The molecule has 3 aromatic rings. The van der Waals surface area contributed by atoms with E-state index in [-0.39, 0.29) is 11.9 Å². The highest BCUT2D eigenvalue weighted by Gasteiger charge is 2.38. The largest absolute Gasteiger partial charge is 0.323 e. The van der Waals surface area contributed by atoms with Crippen LogP contribution >= 0.6 is 11.3 Å². The van der Waals surface area contributed by atoms with E-state index in [4.69, 9.17) is 0 Å². The molecule has 1 saturated carbocycles. The van der Waals surface area contributed by atoms with Crippen molar-refractivity contribution in [1.82, 2.24) is 20.2 Å². The van der Waals surface area contributed by atoms with Crippen LogP contribution in [0.15, 0.2) is 41.8 Å². The predicted molar refractivity (Wildman–Crippen MR) is 113 cm³/mol. The predicted octanol–water partition coefficient (Wildman–Crippen LogP) is 0.737. The van der Waals surface area contributed by atoms with Gasteiger partial charge in [0.1, 0.15) is 32.0 Å². The lowest BCUT2D eigenvalue weighted by Crippen LogP contribution is -3.29. The van der Waals surface area contributed by atoms with E-state index in [1.54, 1.807) is 28.4 Å². The van der Waals surface area contributed by atoms with Crippen molar-refractivity contribution in [1.29, 1.82) is 0 Å². The second kappa shape index (κ2) is 8.91. The summed E-state index contributed by atoms with van der Waals surface area (Å²) >= 11 is 1.71. The summed E-state index contributed by atoms with van der Waals surface area (Å²) in [5.74, 6) is 0.662. The average Bonchev–Trinajstić information content (AvgIpc) is 3.54. The Bertz CT molecular complexity index is 927. The summed E-state index contributed by atoms with van der Waals surface area (Å²) in [6, 6.07) is 11.9. The summed E-state index contributed by atoms with van der Waals surface area (Å²) in [5.41, 5.74) is 1.08. The van der Waals surface area contributed by atoms with Gasteiger partial charge >= 0.3 is 0 Å². The zero-order valence-electron chi connectivity index (χ0n) is 17.1. The van der Waals surface area contributed by atoms with Gasteiger partial charge in [-0.25, -0.2) is 9.07 Å².